The minimum Gasteiger partial charge on any atom is -0.444 e. The molecule has 0 aliphatic carbocycles. The number of nitrogens with zero attached hydrogens (tertiary/aromatic N) is 2. The Labute approximate surface area is 109 Å². The zero-order valence-corrected chi connectivity index (χ0v) is 10.9. The second-order valence-corrected chi connectivity index (χ2v) is 4.83. The van der Waals surface area contributed by atoms with Gasteiger partial charge in [0.1, 0.15) is 5.60 Å². The zero-order chi connectivity index (χ0) is 14.7. The lowest BCUT2D eigenvalue weighted by Crippen LogP contribution is -2.28. The van der Waals surface area contributed by atoms with E-state index in [1.54, 1.807) is 20.8 Å². The number of carbonyl (C=O) groups is 1. The highest BCUT2D eigenvalue weighted by atomic mass is 19.3. The number of ether oxygens (including phenoxy) is 1. The number of amides is 1. The molecule has 0 spiro atoms. The first-order valence-electron chi connectivity index (χ1n) is 5.54. The maximum atomic E-state index is 13.2. The van der Waals surface area contributed by atoms with Crippen molar-refractivity contribution in [3.8, 4) is 0 Å². The van der Waals surface area contributed by atoms with Crippen molar-refractivity contribution in [2.75, 3.05) is 11.9 Å². The quantitative estimate of drug-likeness (QED) is 0.878. The van der Waals surface area contributed by atoms with Crippen molar-refractivity contribution in [1.82, 2.24) is 9.97 Å². The average molecular weight is 274 g/mol. The molecule has 6 nitrogen and oxygen atoms in total. The maximum Gasteiger partial charge on any atom is 0.414 e. The van der Waals surface area contributed by atoms with E-state index in [1.807, 2.05) is 0 Å². The number of alkyl halides is 2. The summed E-state index contributed by atoms with van der Waals surface area (Å²) >= 11 is 0. The molecule has 0 aliphatic heterocycles. The number of anilines is 1. The Morgan fingerprint density at radius 1 is 1.37 bits per heavy atom. The summed E-state index contributed by atoms with van der Waals surface area (Å²) in [7, 11) is 0. The van der Waals surface area contributed by atoms with Crippen LogP contribution >= 0.6 is 0 Å². The maximum absolute atomic E-state index is 13.2. The van der Waals surface area contributed by atoms with Gasteiger partial charge in [0.05, 0.1) is 12.1 Å². The van der Waals surface area contributed by atoms with E-state index in [2.05, 4.69) is 15.3 Å². The topological polar surface area (TPSA) is 90.1 Å². The Morgan fingerprint density at radius 2 is 1.89 bits per heavy atom. The lowest BCUT2D eigenvalue weighted by molar-refractivity contribution is 0.00528. The number of hydrogen-bond acceptors (Lipinski definition) is 5. The SMILES string of the molecule is CC(C)(C)OC(=O)Nc1ncc(C(F)(F)CN)cn1. The molecule has 1 aromatic heterocycles. The molecule has 0 aliphatic rings. The Hall–Kier alpha value is -1.83. The number of aromatic nitrogens is 2. The summed E-state index contributed by atoms with van der Waals surface area (Å²) in [6.45, 7) is 4.24. The molecule has 8 heteroatoms. The summed E-state index contributed by atoms with van der Waals surface area (Å²) in [5, 5.41) is 2.24. The number of halogens is 2. The van der Waals surface area contributed by atoms with Crippen molar-refractivity contribution in [2.24, 2.45) is 5.73 Å². The Bertz CT molecular complexity index is 443. The van der Waals surface area contributed by atoms with Crippen molar-refractivity contribution < 1.29 is 18.3 Å². The molecule has 1 aromatic rings. The van der Waals surface area contributed by atoms with Gasteiger partial charge in [0.2, 0.25) is 5.95 Å². The van der Waals surface area contributed by atoms with Gasteiger partial charge in [-0.05, 0) is 20.8 Å². The van der Waals surface area contributed by atoms with Crippen LogP contribution in [0.2, 0.25) is 0 Å². The van der Waals surface area contributed by atoms with Crippen molar-refractivity contribution in [3.05, 3.63) is 18.0 Å². The standard InChI is InChI=1S/C11H16F2N4O2/c1-10(2,3)19-9(18)17-8-15-4-7(5-16-8)11(12,13)6-14/h4-5H,6,14H2,1-3H3,(H,15,16,17,18). The van der Waals surface area contributed by atoms with E-state index in [1.165, 1.54) is 0 Å². The van der Waals surface area contributed by atoms with E-state index >= 15 is 0 Å². The van der Waals surface area contributed by atoms with Crippen LogP contribution in [0.1, 0.15) is 26.3 Å². The fourth-order valence-electron chi connectivity index (χ4n) is 1.09. The zero-order valence-electron chi connectivity index (χ0n) is 10.9. The molecule has 0 saturated carbocycles. The van der Waals surface area contributed by atoms with Crippen LogP contribution < -0.4 is 11.1 Å². The molecule has 3 N–H and O–H groups in total. The van der Waals surface area contributed by atoms with Crippen LogP contribution in [-0.4, -0.2) is 28.2 Å². The van der Waals surface area contributed by atoms with Crippen LogP contribution in [0.5, 0.6) is 0 Å². The number of rotatable bonds is 3. The molecule has 0 saturated heterocycles. The van der Waals surface area contributed by atoms with Gasteiger partial charge in [0.15, 0.2) is 0 Å². The molecule has 0 aromatic carbocycles. The van der Waals surface area contributed by atoms with Gasteiger partial charge in [-0.25, -0.2) is 14.8 Å². The minimum atomic E-state index is -3.19. The third-order valence-electron chi connectivity index (χ3n) is 1.94. The predicted molar refractivity (Wildman–Crippen MR) is 64.8 cm³/mol. The number of hydrogen-bond donors (Lipinski definition) is 2. The van der Waals surface area contributed by atoms with E-state index in [0.717, 1.165) is 12.4 Å². The van der Waals surface area contributed by atoms with E-state index in [0.29, 0.717) is 0 Å². The van der Waals surface area contributed by atoms with Crippen LogP contribution in [0.25, 0.3) is 0 Å². The summed E-state index contributed by atoms with van der Waals surface area (Å²) in [5.41, 5.74) is 3.85. The largest absolute Gasteiger partial charge is 0.444 e. The summed E-state index contributed by atoms with van der Waals surface area (Å²) < 4.78 is 31.3. The van der Waals surface area contributed by atoms with Gasteiger partial charge in [-0.2, -0.15) is 8.78 Å². The van der Waals surface area contributed by atoms with Crippen LogP contribution in [0.3, 0.4) is 0 Å². The van der Waals surface area contributed by atoms with E-state index in [4.69, 9.17) is 10.5 Å². The Balaban J connectivity index is 2.70. The predicted octanol–water partition coefficient (Wildman–Crippen LogP) is 1.87. The number of carbonyl (C=O) groups excluding carboxylic acids is 1. The molecule has 0 atom stereocenters. The summed E-state index contributed by atoms with van der Waals surface area (Å²) in [6.07, 6.45) is 1.06. The second-order valence-electron chi connectivity index (χ2n) is 4.83. The first kappa shape index (κ1) is 15.2. The molecule has 0 bridgehead atoms. The summed E-state index contributed by atoms with van der Waals surface area (Å²) in [6, 6.07) is 0. The molecule has 106 valence electrons. The van der Waals surface area contributed by atoms with Crippen LogP contribution in [0, 0.1) is 0 Å². The third-order valence-corrected chi connectivity index (χ3v) is 1.94. The lowest BCUT2D eigenvalue weighted by Gasteiger charge is -2.19. The number of nitrogens with one attached hydrogen (secondary N) is 1. The highest BCUT2D eigenvalue weighted by Gasteiger charge is 2.30. The number of nitrogens with two attached hydrogens (primary N) is 1. The third kappa shape index (κ3) is 4.74. The molecule has 1 amide bonds. The smallest absolute Gasteiger partial charge is 0.414 e. The van der Waals surface area contributed by atoms with Gasteiger partial charge >= 0.3 is 6.09 Å². The van der Waals surface area contributed by atoms with Crippen LogP contribution in [0.4, 0.5) is 19.5 Å². The van der Waals surface area contributed by atoms with Gasteiger partial charge in [-0.1, -0.05) is 0 Å². The van der Waals surface area contributed by atoms with Gasteiger partial charge in [-0.3, -0.25) is 5.32 Å². The van der Waals surface area contributed by atoms with E-state index in [9.17, 15) is 13.6 Å². The van der Waals surface area contributed by atoms with Gasteiger partial charge in [0, 0.05) is 12.4 Å². The van der Waals surface area contributed by atoms with Crippen molar-refractivity contribution >= 4 is 12.0 Å². The Kier molecular flexibility index (Phi) is 4.35. The fourth-order valence-corrected chi connectivity index (χ4v) is 1.09. The summed E-state index contributed by atoms with van der Waals surface area (Å²) in [4.78, 5) is 18.6. The monoisotopic (exact) mass is 274 g/mol. The van der Waals surface area contributed by atoms with E-state index in [-0.39, 0.29) is 5.95 Å². The van der Waals surface area contributed by atoms with E-state index < -0.39 is 29.7 Å². The second kappa shape index (κ2) is 5.43. The average Bonchev–Trinajstić information content (AvgIpc) is 2.27. The van der Waals surface area contributed by atoms with Gasteiger partial charge in [0.25, 0.3) is 5.92 Å². The molecule has 0 unspecified atom stereocenters. The van der Waals surface area contributed by atoms with Crippen molar-refractivity contribution in [1.29, 1.82) is 0 Å². The van der Waals surface area contributed by atoms with Gasteiger partial charge in [-0.15, -0.1) is 0 Å². The van der Waals surface area contributed by atoms with Crippen molar-refractivity contribution in [3.63, 3.8) is 0 Å². The highest BCUT2D eigenvalue weighted by Crippen LogP contribution is 2.25. The normalized spacial score (nSPS) is 12.1. The molecule has 19 heavy (non-hydrogen) atoms. The molecule has 1 rings (SSSR count). The molecular weight excluding hydrogens is 258 g/mol. The molecule has 1 heterocycles. The molecule has 0 fully saturated rings. The van der Waals surface area contributed by atoms with Crippen LogP contribution in [0.15, 0.2) is 12.4 Å². The van der Waals surface area contributed by atoms with Gasteiger partial charge < -0.3 is 10.5 Å². The van der Waals surface area contributed by atoms with Crippen LogP contribution in [-0.2, 0) is 10.7 Å². The minimum absolute atomic E-state index is 0.120. The first-order chi connectivity index (χ1) is 8.64. The first-order valence-corrected chi connectivity index (χ1v) is 5.54. The molecule has 0 radical (unpaired) electrons. The van der Waals surface area contributed by atoms with Crippen molar-refractivity contribution in [2.45, 2.75) is 32.3 Å². The molecular formula is C11H16F2N4O2. The summed E-state index contributed by atoms with van der Waals surface area (Å²) in [5.74, 6) is -3.31. The fraction of sp³-hybridized carbons (Fsp3) is 0.545. The lowest BCUT2D eigenvalue weighted by atomic mass is 10.2. The highest BCUT2D eigenvalue weighted by molar-refractivity contribution is 5.82. The Morgan fingerprint density at radius 3 is 2.32 bits per heavy atom.